The predicted octanol–water partition coefficient (Wildman–Crippen LogP) is 7.44. The highest BCUT2D eigenvalue weighted by atomic mass is 16.5. The molecule has 0 amide bonds. The number of likely N-dealkylation sites (N-methyl/N-ethyl adjacent to an activating group) is 1. The van der Waals surface area contributed by atoms with Crippen molar-refractivity contribution in [2.45, 2.75) is 118 Å². The molecular weight excluding hydrogens is 358 g/mol. The van der Waals surface area contributed by atoms with Gasteiger partial charge in [0.05, 0.1) is 19.6 Å². The monoisotopic (exact) mass is 410 g/mol. The third-order valence-corrected chi connectivity index (χ3v) is 6.47. The van der Waals surface area contributed by atoms with Gasteiger partial charge in [-0.1, -0.05) is 90.6 Å². The zero-order chi connectivity index (χ0) is 21.8. The van der Waals surface area contributed by atoms with E-state index in [-0.39, 0.29) is 5.97 Å². The molecule has 0 aromatic heterocycles. The molecule has 0 aromatic carbocycles. The molecule has 0 aliphatic heterocycles. The van der Waals surface area contributed by atoms with Crippen LogP contribution in [-0.4, -0.2) is 43.2 Å². The second-order valence-electron chi connectivity index (χ2n) is 8.93. The Kier molecular flexibility index (Phi) is 18.6. The second-order valence-corrected chi connectivity index (χ2v) is 8.93. The number of ether oxygens (including phenoxy) is 1. The largest absolute Gasteiger partial charge is 0.456 e. The van der Waals surface area contributed by atoms with Crippen LogP contribution in [0.2, 0.25) is 0 Å². The van der Waals surface area contributed by atoms with Crippen LogP contribution in [-0.2, 0) is 9.53 Å². The van der Waals surface area contributed by atoms with Gasteiger partial charge in [-0.25, -0.2) is 4.79 Å². The van der Waals surface area contributed by atoms with Gasteiger partial charge in [-0.2, -0.15) is 0 Å². The van der Waals surface area contributed by atoms with Crippen LogP contribution in [0.25, 0.3) is 0 Å². The summed E-state index contributed by atoms with van der Waals surface area (Å²) in [7, 11) is 0. The molecule has 0 aliphatic carbocycles. The Bertz CT molecular complexity index is 402. The first-order chi connectivity index (χ1) is 14.0. The summed E-state index contributed by atoms with van der Waals surface area (Å²) in [5, 5.41) is 0. The molecule has 0 aromatic rings. The van der Waals surface area contributed by atoms with E-state index in [2.05, 4.69) is 27.4 Å². The Morgan fingerprint density at radius 1 is 0.690 bits per heavy atom. The lowest BCUT2D eigenvalue weighted by Gasteiger charge is -2.36. The third-order valence-electron chi connectivity index (χ3n) is 6.47. The van der Waals surface area contributed by atoms with E-state index in [1.54, 1.807) is 6.92 Å². The molecule has 0 N–H and O–H groups in total. The standard InChI is InChI=1S/C26H52NO2/c1-6-9-10-11-12-13-14-15-16-17-18-19-20-21-22-27(7-2,8-3)23-24-29-26(28)25(4)5/h4,6-24H2,1-3,5H3/q+1. The van der Waals surface area contributed by atoms with Crippen LogP contribution >= 0.6 is 0 Å². The molecular formula is C26H52NO2+. The molecule has 0 radical (unpaired) electrons. The molecule has 0 atom stereocenters. The lowest BCUT2D eigenvalue weighted by molar-refractivity contribution is -0.925. The van der Waals surface area contributed by atoms with Gasteiger partial charge in [0, 0.05) is 5.57 Å². The Hall–Kier alpha value is -0.830. The van der Waals surface area contributed by atoms with Crippen molar-refractivity contribution in [2.24, 2.45) is 0 Å². The van der Waals surface area contributed by atoms with E-state index in [1.807, 2.05) is 0 Å². The average Bonchev–Trinajstić information content (AvgIpc) is 2.72. The predicted molar refractivity (Wildman–Crippen MR) is 127 cm³/mol. The second kappa shape index (κ2) is 19.2. The van der Waals surface area contributed by atoms with E-state index in [4.69, 9.17) is 4.74 Å². The molecule has 0 bridgehead atoms. The fraction of sp³-hybridized carbons (Fsp3) is 0.885. The van der Waals surface area contributed by atoms with Crippen LogP contribution in [0.4, 0.5) is 0 Å². The number of esters is 1. The van der Waals surface area contributed by atoms with Gasteiger partial charge < -0.3 is 9.22 Å². The normalized spacial score (nSPS) is 11.6. The van der Waals surface area contributed by atoms with Crippen molar-refractivity contribution >= 4 is 5.97 Å². The highest BCUT2D eigenvalue weighted by molar-refractivity contribution is 5.86. The van der Waals surface area contributed by atoms with Crippen molar-refractivity contribution in [1.82, 2.24) is 0 Å². The molecule has 3 nitrogen and oxygen atoms in total. The van der Waals surface area contributed by atoms with Gasteiger partial charge in [0.2, 0.25) is 0 Å². The minimum Gasteiger partial charge on any atom is -0.456 e. The van der Waals surface area contributed by atoms with Gasteiger partial charge in [-0.15, -0.1) is 0 Å². The molecule has 29 heavy (non-hydrogen) atoms. The maximum atomic E-state index is 11.6. The zero-order valence-corrected chi connectivity index (χ0v) is 20.4. The summed E-state index contributed by atoms with van der Waals surface area (Å²) >= 11 is 0. The number of hydrogen-bond acceptors (Lipinski definition) is 2. The third kappa shape index (κ3) is 15.6. The maximum absolute atomic E-state index is 11.6. The summed E-state index contributed by atoms with van der Waals surface area (Å²) in [5.74, 6) is -0.258. The Labute approximate surface area is 182 Å². The number of rotatable bonds is 21. The molecule has 0 spiro atoms. The zero-order valence-electron chi connectivity index (χ0n) is 20.4. The van der Waals surface area contributed by atoms with Crippen molar-refractivity contribution in [1.29, 1.82) is 0 Å². The highest BCUT2D eigenvalue weighted by Gasteiger charge is 2.23. The molecule has 0 saturated carbocycles. The van der Waals surface area contributed by atoms with Gasteiger partial charge in [0.25, 0.3) is 0 Å². The first-order valence-corrected chi connectivity index (χ1v) is 12.7. The Morgan fingerprint density at radius 3 is 1.48 bits per heavy atom. The van der Waals surface area contributed by atoms with Crippen molar-refractivity contribution in [3.8, 4) is 0 Å². The number of carbonyl (C=O) groups is 1. The lowest BCUT2D eigenvalue weighted by atomic mass is 10.0. The van der Waals surface area contributed by atoms with Gasteiger partial charge in [0.15, 0.2) is 0 Å². The SMILES string of the molecule is C=C(C)C(=O)OCC[N+](CC)(CC)CCCCCCCCCCCCCCCC. The van der Waals surface area contributed by atoms with Gasteiger partial charge in [-0.05, 0) is 33.6 Å². The first kappa shape index (κ1) is 28.2. The topological polar surface area (TPSA) is 26.3 Å². The number of quaternary nitrogens is 1. The number of unbranched alkanes of at least 4 members (excludes halogenated alkanes) is 13. The van der Waals surface area contributed by atoms with E-state index in [0.29, 0.717) is 12.2 Å². The van der Waals surface area contributed by atoms with Crippen molar-refractivity contribution in [2.75, 3.05) is 32.8 Å². The molecule has 0 unspecified atom stereocenters. The minimum absolute atomic E-state index is 0.258. The smallest absolute Gasteiger partial charge is 0.333 e. The van der Waals surface area contributed by atoms with Gasteiger partial charge in [0.1, 0.15) is 13.2 Å². The average molecular weight is 411 g/mol. The molecule has 0 rings (SSSR count). The maximum Gasteiger partial charge on any atom is 0.333 e. The van der Waals surface area contributed by atoms with Crippen LogP contribution in [0, 0.1) is 0 Å². The van der Waals surface area contributed by atoms with E-state index in [9.17, 15) is 4.79 Å². The van der Waals surface area contributed by atoms with Crippen molar-refractivity contribution < 1.29 is 14.0 Å². The summed E-state index contributed by atoms with van der Waals surface area (Å²) in [4.78, 5) is 11.6. The quantitative estimate of drug-likeness (QED) is 0.0850. The lowest BCUT2D eigenvalue weighted by Crippen LogP contribution is -2.50. The van der Waals surface area contributed by atoms with Crippen LogP contribution in [0.1, 0.15) is 118 Å². The molecule has 3 heteroatoms. The summed E-state index contributed by atoms with van der Waals surface area (Å²) in [6, 6.07) is 0. The molecule has 0 aliphatic rings. The van der Waals surface area contributed by atoms with Crippen LogP contribution in [0.5, 0.6) is 0 Å². The fourth-order valence-electron chi connectivity index (χ4n) is 4.06. The van der Waals surface area contributed by atoms with Gasteiger partial charge in [-0.3, -0.25) is 0 Å². The van der Waals surface area contributed by atoms with Gasteiger partial charge >= 0.3 is 5.97 Å². The minimum atomic E-state index is -0.258. The summed E-state index contributed by atoms with van der Waals surface area (Å²) in [6.45, 7) is 17.0. The van der Waals surface area contributed by atoms with Crippen molar-refractivity contribution in [3.05, 3.63) is 12.2 Å². The molecule has 0 saturated heterocycles. The van der Waals surface area contributed by atoms with E-state index >= 15 is 0 Å². The van der Waals surface area contributed by atoms with Crippen LogP contribution < -0.4 is 0 Å². The molecule has 172 valence electrons. The Morgan fingerprint density at radius 2 is 1.10 bits per heavy atom. The van der Waals surface area contributed by atoms with Crippen LogP contribution in [0.15, 0.2) is 12.2 Å². The summed E-state index contributed by atoms with van der Waals surface area (Å²) in [6.07, 6.45) is 19.6. The van der Waals surface area contributed by atoms with E-state index < -0.39 is 0 Å². The molecule has 0 fully saturated rings. The Balaban J connectivity index is 3.66. The summed E-state index contributed by atoms with van der Waals surface area (Å²) < 4.78 is 6.39. The van der Waals surface area contributed by atoms with Crippen molar-refractivity contribution in [3.63, 3.8) is 0 Å². The number of nitrogens with zero attached hydrogens (tertiary/aromatic N) is 1. The van der Waals surface area contributed by atoms with E-state index in [0.717, 1.165) is 24.1 Å². The van der Waals surface area contributed by atoms with Crippen LogP contribution in [0.3, 0.4) is 0 Å². The van der Waals surface area contributed by atoms with E-state index in [1.165, 1.54) is 96.4 Å². The summed E-state index contributed by atoms with van der Waals surface area (Å²) in [5.41, 5.74) is 0.489. The highest BCUT2D eigenvalue weighted by Crippen LogP contribution is 2.15. The number of carbonyl (C=O) groups excluding carboxylic acids is 1. The number of hydrogen-bond donors (Lipinski definition) is 0. The fourth-order valence-corrected chi connectivity index (χ4v) is 4.06. The first-order valence-electron chi connectivity index (χ1n) is 12.7. The molecule has 0 heterocycles.